The minimum absolute atomic E-state index is 0.0670. The molecule has 2 saturated heterocycles. The summed E-state index contributed by atoms with van der Waals surface area (Å²) in [5, 5.41) is 0. The lowest BCUT2D eigenvalue weighted by Gasteiger charge is -2.26. The molecule has 132 valence electrons. The monoisotopic (exact) mass is 345 g/mol. The van der Waals surface area contributed by atoms with Crippen LogP contribution in [0.4, 0.5) is 17.6 Å². The summed E-state index contributed by atoms with van der Waals surface area (Å²) in [5.74, 6) is -1.37. The van der Waals surface area contributed by atoms with Crippen molar-refractivity contribution in [2.45, 2.75) is 50.4 Å². The van der Waals surface area contributed by atoms with Gasteiger partial charge in [0.05, 0.1) is 11.2 Å². The van der Waals surface area contributed by atoms with E-state index in [2.05, 4.69) is 0 Å². The summed E-state index contributed by atoms with van der Waals surface area (Å²) in [5.41, 5.74) is -1.17. The molecule has 2 aliphatic heterocycles. The second kappa shape index (κ2) is 6.35. The first-order chi connectivity index (χ1) is 11.3. The van der Waals surface area contributed by atoms with Gasteiger partial charge in [-0.15, -0.1) is 0 Å². The summed E-state index contributed by atoms with van der Waals surface area (Å²) in [7, 11) is 0. The van der Waals surface area contributed by atoms with Crippen molar-refractivity contribution in [3.05, 3.63) is 35.1 Å². The fourth-order valence-electron chi connectivity index (χ4n) is 3.51. The molecule has 0 aromatic heterocycles. The van der Waals surface area contributed by atoms with Gasteiger partial charge in [0.15, 0.2) is 0 Å². The highest BCUT2D eigenvalue weighted by molar-refractivity contribution is 5.76. The number of nitrogens with zero attached hydrogens (tertiary/aromatic N) is 1. The number of halogens is 4. The minimum Gasteiger partial charge on any atom is -0.375 e. The highest BCUT2D eigenvalue weighted by Crippen LogP contribution is 2.36. The van der Waals surface area contributed by atoms with E-state index in [1.165, 1.54) is 6.07 Å². The van der Waals surface area contributed by atoms with E-state index in [0.29, 0.717) is 38.0 Å². The molecule has 1 atom stereocenters. The quantitative estimate of drug-likeness (QED) is 0.761. The van der Waals surface area contributed by atoms with E-state index in [0.717, 1.165) is 25.0 Å². The molecule has 0 saturated carbocycles. The Balaban J connectivity index is 1.71. The average Bonchev–Trinajstić information content (AvgIpc) is 2.91. The molecular formula is C17H19F4NO2. The Bertz CT molecular complexity index is 624. The smallest absolute Gasteiger partial charge is 0.375 e. The molecule has 2 aliphatic rings. The predicted octanol–water partition coefficient (Wildman–Crippen LogP) is 3.91. The van der Waals surface area contributed by atoms with Gasteiger partial charge in [-0.2, -0.15) is 13.2 Å². The van der Waals surface area contributed by atoms with Gasteiger partial charge in [0, 0.05) is 26.1 Å². The van der Waals surface area contributed by atoms with E-state index >= 15 is 0 Å². The van der Waals surface area contributed by atoms with Crippen LogP contribution in [0.15, 0.2) is 18.2 Å². The average molecular weight is 345 g/mol. The van der Waals surface area contributed by atoms with Crippen LogP contribution in [0.5, 0.6) is 0 Å². The lowest BCUT2D eigenvalue weighted by Crippen LogP contribution is -2.32. The third-order valence-corrected chi connectivity index (χ3v) is 4.88. The molecule has 1 unspecified atom stereocenters. The normalized spacial score (nSPS) is 25.3. The van der Waals surface area contributed by atoms with Gasteiger partial charge in [-0.05, 0) is 43.4 Å². The van der Waals surface area contributed by atoms with Crippen LogP contribution < -0.4 is 0 Å². The Hall–Kier alpha value is -1.63. The number of carbonyl (C=O) groups excluding carboxylic acids is 1. The fraction of sp³-hybridized carbons (Fsp3) is 0.588. The molecule has 1 aromatic rings. The largest absolute Gasteiger partial charge is 0.419 e. The first-order valence-electron chi connectivity index (χ1n) is 8.06. The molecule has 0 N–H and O–H groups in total. The van der Waals surface area contributed by atoms with E-state index in [-0.39, 0.29) is 18.1 Å². The molecule has 0 bridgehead atoms. The molecule has 24 heavy (non-hydrogen) atoms. The second-order valence-electron chi connectivity index (χ2n) is 6.51. The number of likely N-dealkylation sites (tertiary alicyclic amines) is 1. The van der Waals surface area contributed by atoms with E-state index < -0.39 is 17.6 Å². The lowest BCUT2D eigenvalue weighted by atomic mass is 9.92. The Labute approximate surface area is 137 Å². The first kappa shape index (κ1) is 17.2. The van der Waals surface area contributed by atoms with Gasteiger partial charge in [0.2, 0.25) is 5.91 Å². The van der Waals surface area contributed by atoms with Gasteiger partial charge in [0.1, 0.15) is 5.82 Å². The molecule has 3 nitrogen and oxygen atoms in total. The molecule has 0 aliphatic carbocycles. The highest BCUT2D eigenvalue weighted by atomic mass is 19.4. The molecule has 1 amide bonds. The third kappa shape index (κ3) is 3.55. The van der Waals surface area contributed by atoms with Gasteiger partial charge in [-0.3, -0.25) is 4.79 Å². The van der Waals surface area contributed by atoms with Gasteiger partial charge in [-0.25, -0.2) is 4.39 Å². The van der Waals surface area contributed by atoms with E-state index in [4.69, 9.17) is 4.74 Å². The maximum absolute atomic E-state index is 13.7. The number of hydrogen-bond donors (Lipinski definition) is 0. The third-order valence-electron chi connectivity index (χ3n) is 4.88. The van der Waals surface area contributed by atoms with Gasteiger partial charge in [-0.1, -0.05) is 6.07 Å². The van der Waals surface area contributed by atoms with E-state index in [1.807, 2.05) is 0 Å². The maximum atomic E-state index is 13.7. The van der Waals surface area contributed by atoms with Gasteiger partial charge >= 0.3 is 6.18 Å². The second-order valence-corrected chi connectivity index (χ2v) is 6.51. The number of amides is 1. The van der Waals surface area contributed by atoms with Crippen molar-refractivity contribution in [3.8, 4) is 0 Å². The van der Waals surface area contributed by atoms with Crippen LogP contribution in [0, 0.1) is 5.82 Å². The molecular weight excluding hydrogens is 326 g/mol. The van der Waals surface area contributed by atoms with E-state index in [1.54, 1.807) is 4.90 Å². The Kier molecular flexibility index (Phi) is 4.55. The highest BCUT2D eigenvalue weighted by Gasteiger charge is 2.39. The minimum atomic E-state index is -4.72. The zero-order valence-corrected chi connectivity index (χ0v) is 13.2. The number of ether oxygens (including phenoxy) is 1. The molecule has 2 heterocycles. The van der Waals surface area contributed by atoms with Gasteiger partial charge in [0.25, 0.3) is 0 Å². The molecule has 2 fully saturated rings. The van der Waals surface area contributed by atoms with E-state index in [9.17, 15) is 22.4 Å². The van der Waals surface area contributed by atoms with Crippen LogP contribution >= 0.6 is 0 Å². The molecule has 1 spiro atoms. The first-order valence-corrected chi connectivity index (χ1v) is 8.06. The molecule has 7 heteroatoms. The van der Waals surface area contributed by atoms with Crippen molar-refractivity contribution in [2.75, 3.05) is 13.2 Å². The summed E-state index contributed by atoms with van der Waals surface area (Å²) < 4.78 is 57.3. The van der Waals surface area contributed by atoms with Crippen molar-refractivity contribution in [1.82, 2.24) is 4.90 Å². The fourth-order valence-corrected chi connectivity index (χ4v) is 3.51. The molecule has 0 radical (unpaired) electrons. The topological polar surface area (TPSA) is 29.5 Å². The van der Waals surface area contributed by atoms with Crippen LogP contribution in [0.1, 0.15) is 43.2 Å². The molecule has 3 rings (SSSR count). The van der Waals surface area contributed by atoms with Crippen LogP contribution in [-0.2, 0) is 22.3 Å². The van der Waals surface area contributed by atoms with Crippen molar-refractivity contribution in [3.63, 3.8) is 0 Å². The summed E-state index contributed by atoms with van der Waals surface area (Å²) in [6.07, 6.45) is -1.07. The van der Waals surface area contributed by atoms with Gasteiger partial charge < -0.3 is 9.64 Å². The summed E-state index contributed by atoms with van der Waals surface area (Å²) in [6, 6.07) is 2.82. The number of hydrogen-bond acceptors (Lipinski definition) is 2. The zero-order chi connectivity index (χ0) is 17.4. The standard InChI is InChI=1S/C17H19F4NO2/c18-14-10-12(2-3-13(14)17(19,20)21)11-22-8-7-16(5-1-9-24-16)6-4-15(22)23/h2-3,10H,1,4-9,11H2. The van der Waals surface area contributed by atoms with Crippen molar-refractivity contribution in [1.29, 1.82) is 0 Å². The number of rotatable bonds is 2. The Morgan fingerprint density at radius 3 is 2.62 bits per heavy atom. The summed E-state index contributed by atoms with van der Waals surface area (Å²) >= 11 is 0. The zero-order valence-electron chi connectivity index (χ0n) is 13.2. The van der Waals surface area contributed by atoms with Crippen LogP contribution in [0.3, 0.4) is 0 Å². The Morgan fingerprint density at radius 2 is 2.00 bits per heavy atom. The SMILES string of the molecule is O=C1CCC2(CCCO2)CCN1Cc1ccc(C(F)(F)F)c(F)c1. The number of alkyl halides is 3. The predicted molar refractivity (Wildman–Crippen MR) is 78.6 cm³/mol. The lowest BCUT2D eigenvalue weighted by molar-refractivity contribution is -0.140. The van der Waals surface area contributed by atoms with Crippen LogP contribution in [0.2, 0.25) is 0 Å². The van der Waals surface area contributed by atoms with Crippen molar-refractivity contribution in [2.24, 2.45) is 0 Å². The Morgan fingerprint density at radius 1 is 1.21 bits per heavy atom. The van der Waals surface area contributed by atoms with Crippen LogP contribution in [-0.4, -0.2) is 29.6 Å². The maximum Gasteiger partial charge on any atom is 0.419 e. The van der Waals surface area contributed by atoms with Crippen molar-refractivity contribution >= 4 is 5.91 Å². The number of benzene rings is 1. The van der Waals surface area contributed by atoms with Crippen molar-refractivity contribution < 1.29 is 27.1 Å². The molecule has 1 aromatic carbocycles. The number of carbonyl (C=O) groups is 1. The summed E-state index contributed by atoms with van der Waals surface area (Å²) in [4.78, 5) is 13.8. The summed E-state index contributed by atoms with van der Waals surface area (Å²) in [6.45, 7) is 1.30. The van der Waals surface area contributed by atoms with Crippen LogP contribution in [0.25, 0.3) is 0 Å².